The van der Waals surface area contributed by atoms with Crippen molar-refractivity contribution in [1.29, 1.82) is 0 Å². The fourth-order valence-corrected chi connectivity index (χ4v) is 4.40. The van der Waals surface area contributed by atoms with Crippen LogP contribution in [0.4, 0.5) is 14.9 Å². The van der Waals surface area contributed by atoms with Crippen LogP contribution < -0.4 is 15.0 Å². The molecule has 0 radical (unpaired) electrons. The van der Waals surface area contributed by atoms with Crippen LogP contribution in [0.5, 0.6) is 5.75 Å². The van der Waals surface area contributed by atoms with Gasteiger partial charge < -0.3 is 9.30 Å². The lowest BCUT2D eigenvalue weighted by molar-refractivity contribution is -0.122. The van der Waals surface area contributed by atoms with Crippen molar-refractivity contribution in [3.05, 3.63) is 119 Å². The number of nitrogens with zero attached hydrogens (tertiary/aromatic N) is 2. The molecule has 3 aromatic carbocycles. The Morgan fingerprint density at radius 2 is 1.53 bits per heavy atom. The zero-order valence-electron chi connectivity index (χ0n) is 20.8. The molecule has 4 aromatic rings. The maximum Gasteiger partial charge on any atom is 0.335 e. The number of aromatic nitrogens is 1. The van der Waals surface area contributed by atoms with E-state index in [0.717, 1.165) is 45.4 Å². The van der Waals surface area contributed by atoms with Crippen molar-refractivity contribution in [3.63, 3.8) is 0 Å². The van der Waals surface area contributed by atoms with E-state index in [0.29, 0.717) is 12.2 Å². The molecule has 5 rings (SSSR count). The first kappa shape index (κ1) is 24.7. The van der Waals surface area contributed by atoms with Crippen LogP contribution >= 0.6 is 0 Å². The van der Waals surface area contributed by atoms with Crippen LogP contribution in [-0.4, -0.2) is 22.4 Å². The van der Waals surface area contributed by atoms with Gasteiger partial charge in [0.15, 0.2) is 0 Å². The number of halogens is 1. The average Bonchev–Trinajstić information content (AvgIpc) is 3.19. The molecule has 1 aromatic heterocycles. The molecule has 0 bridgehead atoms. The van der Waals surface area contributed by atoms with E-state index in [1.165, 1.54) is 18.2 Å². The molecule has 4 amide bonds. The molecule has 1 saturated heterocycles. The van der Waals surface area contributed by atoms with Gasteiger partial charge in [0.2, 0.25) is 0 Å². The number of nitrogens with one attached hydrogen (secondary N) is 1. The normalized spacial score (nSPS) is 14.7. The summed E-state index contributed by atoms with van der Waals surface area (Å²) < 4.78 is 21.2. The zero-order chi connectivity index (χ0) is 26.8. The second kappa shape index (κ2) is 10.2. The van der Waals surface area contributed by atoms with Crippen LogP contribution in [-0.2, 0) is 16.2 Å². The number of carbonyl (C=O) groups is 3. The number of ether oxygens (including phenoxy) is 1. The van der Waals surface area contributed by atoms with E-state index in [-0.39, 0.29) is 11.3 Å². The van der Waals surface area contributed by atoms with Gasteiger partial charge in [0, 0.05) is 17.1 Å². The van der Waals surface area contributed by atoms with Gasteiger partial charge in [0.1, 0.15) is 23.7 Å². The number of hydrogen-bond acceptors (Lipinski definition) is 4. The fourth-order valence-electron chi connectivity index (χ4n) is 4.40. The Morgan fingerprint density at radius 1 is 0.868 bits per heavy atom. The lowest BCUT2D eigenvalue weighted by atomic mass is 10.1. The second-order valence-electron chi connectivity index (χ2n) is 8.86. The van der Waals surface area contributed by atoms with E-state index >= 15 is 0 Å². The van der Waals surface area contributed by atoms with Crippen molar-refractivity contribution < 1.29 is 23.5 Å². The molecule has 7 nitrogen and oxygen atoms in total. The van der Waals surface area contributed by atoms with Crippen molar-refractivity contribution in [1.82, 2.24) is 9.88 Å². The molecular formula is C30H24FN3O4. The summed E-state index contributed by atoms with van der Waals surface area (Å²) in [6.07, 6.45) is 1.47. The summed E-state index contributed by atoms with van der Waals surface area (Å²) in [7, 11) is 0. The molecule has 0 aliphatic carbocycles. The smallest absolute Gasteiger partial charge is 0.335 e. The number of barbiturate groups is 1. The minimum atomic E-state index is -0.885. The molecule has 0 atom stereocenters. The number of hydrogen-bond donors (Lipinski definition) is 1. The highest BCUT2D eigenvalue weighted by Gasteiger charge is 2.37. The van der Waals surface area contributed by atoms with Crippen molar-refractivity contribution in [2.45, 2.75) is 20.5 Å². The van der Waals surface area contributed by atoms with Crippen molar-refractivity contribution in [2.75, 3.05) is 4.90 Å². The van der Waals surface area contributed by atoms with Crippen LogP contribution in [0.2, 0.25) is 0 Å². The molecule has 8 heteroatoms. The van der Waals surface area contributed by atoms with E-state index in [4.69, 9.17) is 4.74 Å². The van der Waals surface area contributed by atoms with Gasteiger partial charge in [-0.15, -0.1) is 0 Å². The third-order valence-corrected chi connectivity index (χ3v) is 6.30. The minimum Gasteiger partial charge on any atom is -0.489 e. The summed E-state index contributed by atoms with van der Waals surface area (Å²) in [4.78, 5) is 39.0. The fraction of sp³-hybridized carbons (Fsp3) is 0.100. The summed E-state index contributed by atoms with van der Waals surface area (Å²) in [5.41, 5.74) is 4.28. The van der Waals surface area contributed by atoms with Gasteiger partial charge in [0.25, 0.3) is 11.8 Å². The maximum absolute atomic E-state index is 13.4. The lowest BCUT2D eigenvalue weighted by Crippen LogP contribution is -2.54. The van der Waals surface area contributed by atoms with E-state index in [1.807, 2.05) is 79.1 Å². The zero-order valence-corrected chi connectivity index (χ0v) is 20.8. The standard InChI is InChI=1S/C30H24FN3O4/c1-19-16-22(17-27-28(35)32-30(37)34(29(27)36)25-10-8-23(31)9-11-25)20(2)33(19)24-12-14-26(15-13-24)38-18-21-6-4-3-5-7-21/h3-17H,18H2,1-2H3,(H,32,35,37)/b27-17+. The molecule has 38 heavy (non-hydrogen) atoms. The number of urea groups is 1. The van der Waals surface area contributed by atoms with Gasteiger partial charge in [-0.05, 0) is 85.6 Å². The highest BCUT2D eigenvalue weighted by molar-refractivity contribution is 6.39. The van der Waals surface area contributed by atoms with E-state index < -0.39 is 23.7 Å². The molecular weight excluding hydrogens is 485 g/mol. The number of benzene rings is 3. The molecule has 1 aliphatic heterocycles. The van der Waals surface area contributed by atoms with Gasteiger partial charge >= 0.3 is 6.03 Å². The Bertz CT molecular complexity index is 1560. The highest BCUT2D eigenvalue weighted by Crippen LogP contribution is 2.27. The van der Waals surface area contributed by atoms with Crippen LogP contribution in [0.25, 0.3) is 11.8 Å². The summed E-state index contributed by atoms with van der Waals surface area (Å²) in [6, 6.07) is 23.4. The highest BCUT2D eigenvalue weighted by atomic mass is 19.1. The third kappa shape index (κ3) is 4.84. The summed E-state index contributed by atoms with van der Waals surface area (Å²) in [5, 5.41) is 2.19. The van der Waals surface area contributed by atoms with E-state index in [9.17, 15) is 18.8 Å². The molecule has 0 unspecified atom stereocenters. The monoisotopic (exact) mass is 509 g/mol. The first-order chi connectivity index (χ1) is 18.3. The molecule has 0 spiro atoms. The lowest BCUT2D eigenvalue weighted by Gasteiger charge is -2.26. The predicted molar refractivity (Wildman–Crippen MR) is 141 cm³/mol. The number of aryl methyl sites for hydroxylation is 1. The first-order valence-corrected chi connectivity index (χ1v) is 11.9. The molecule has 1 N–H and O–H groups in total. The first-order valence-electron chi connectivity index (χ1n) is 11.9. The summed E-state index contributed by atoms with van der Waals surface area (Å²) in [5.74, 6) is -1.34. The molecule has 0 saturated carbocycles. The Hall–Kier alpha value is -4.98. The topological polar surface area (TPSA) is 80.6 Å². The number of rotatable bonds is 6. The third-order valence-electron chi connectivity index (χ3n) is 6.30. The van der Waals surface area contributed by atoms with Crippen LogP contribution in [0.3, 0.4) is 0 Å². The maximum atomic E-state index is 13.4. The quantitative estimate of drug-likeness (QED) is 0.276. The number of imide groups is 2. The van der Waals surface area contributed by atoms with Gasteiger partial charge in [-0.3, -0.25) is 14.9 Å². The number of anilines is 1. The van der Waals surface area contributed by atoms with Gasteiger partial charge in [-0.2, -0.15) is 0 Å². The minimum absolute atomic E-state index is 0.160. The SMILES string of the molecule is Cc1cc(/C=C2\C(=O)NC(=O)N(c3ccc(F)cc3)C2=O)c(C)n1-c1ccc(OCc2ccccc2)cc1. The summed E-state index contributed by atoms with van der Waals surface area (Å²) >= 11 is 0. The van der Waals surface area contributed by atoms with Gasteiger partial charge in [-0.25, -0.2) is 14.1 Å². The van der Waals surface area contributed by atoms with Crippen molar-refractivity contribution >= 4 is 29.6 Å². The Balaban J connectivity index is 1.40. The van der Waals surface area contributed by atoms with E-state index in [1.54, 1.807) is 0 Å². The predicted octanol–water partition coefficient (Wildman–Crippen LogP) is 5.48. The Morgan fingerprint density at radius 3 is 2.21 bits per heavy atom. The van der Waals surface area contributed by atoms with Crippen LogP contribution in [0, 0.1) is 19.7 Å². The summed E-state index contributed by atoms with van der Waals surface area (Å²) in [6.45, 7) is 4.27. The Kier molecular flexibility index (Phi) is 6.62. The van der Waals surface area contributed by atoms with Gasteiger partial charge in [-0.1, -0.05) is 30.3 Å². The van der Waals surface area contributed by atoms with Crippen LogP contribution in [0.1, 0.15) is 22.5 Å². The van der Waals surface area contributed by atoms with Crippen molar-refractivity contribution in [3.8, 4) is 11.4 Å². The average molecular weight is 510 g/mol. The number of carbonyl (C=O) groups excluding carboxylic acids is 3. The second-order valence-corrected chi connectivity index (χ2v) is 8.86. The molecule has 190 valence electrons. The van der Waals surface area contributed by atoms with Crippen LogP contribution in [0.15, 0.2) is 90.5 Å². The van der Waals surface area contributed by atoms with Gasteiger partial charge in [0.05, 0.1) is 5.69 Å². The molecule has 1 fully saturated rings. The van der Waals surface area contributed by atoms with Crippen molar-refractivity contribution in [2.24, 2.45) is 0 Å². The Labute approximate surface area is 218 Å². The largest absolute Gasteiger partial charge is 0.489 e. The van der Waals surface area contributed by atoms with E-state index in [2.05, 4.69) is 5.32 Å². The number of amides is 4. The molecule has 1 aliphatic rings. The molecule has 2 heterocycles.